The summed E-state index contributed by atoms with van der Waals surface area (Å²) in [6.07, 6.45) is 0. The Balaban J connectivity index is 1.78. The van der Waals surface area contributed by atoms with Gasteiger partial charge in [-0.2, -0.15) is 0 Å². The fourth-order valence-corrected chi connectivity index (χ4v) is 2.16. The van der Waals surface area contributed by atoms with Gasteiger partial charge >= 0.3 is 5.69 Å². The van der Waals surface area contributed by atoms with Gasteiger partial charge in [0, 0.05) is 23.9 Å². The van der Waals surface area contributed by atoms with Gasteiger partial charge in [-0.1, -0.05) is 0 Å². The van der Waals surface area contributed by atoms with Crippen LogP contribution in [0.15, 0.2) is 41.2 Å². The zero-order valence-electron chi connectivity index (χ0n) is 11.4. The van der Waals surface area contributed by atoms with E-state index in [4.69, 9.17) is 4.74 Å². The van der Waals surface area contributed by atoms with Crippen LogP contribution in [-0.4, -0.2) is 22.2 Å². The second-order valence-corrected chi connectivity index (χ2v) is 4.69. The predicted molar refractivity (Wildman–Crippen MR) is 80.9 cm³/mol. The summed E-state index contributed by atoms with van der Waals surface area (Å²) in [7, 11) is 1.56. The molecule has 6 heteroatoms. The molecule has 0 unspecified atom stereocenters. The molecule has 0 aliphatic carbocycles. The molecular weight excluding hydrogens is 270 g/mol. The Hall–Kier alpha value is -2.89. The maximum absolute atomic E-state index is 11.2. The third-order valence-electron chi connectivity index (χ3n) is 3.29. The highest BCUT2D eigenvalue weighted by atomic mass is 16.5. The van der Waals surface area contributed by atoms with Crippen molar-refractivity contribution in [3.63, 3.8) is 0 Å². The molecule has 1 heterocycles. The fourth-order valence-electron chi connectivity index (χ4n) is 2.16. The summed E-state index contributed by atoms with van der Waals surface area (Å²) in [4.78, 5) is 16.6. The Morgan fingerprint density at radius 3 is 2.71 bits per heavy atom. The molecule has 0 fully saturated rings. The predicted octanol–water partition coefficient (Wildman–Crippen LogP) is 2.18. The minimum Gasteiger partial charge on any atom is -0.507 e. The van der Waals surface area contributed by atoms with Gasteiger partial charge in [-0.05, 0) is 30.3 Å². The topological polar surface area (TPSA) is 90.1 Å². The van der Waals surface area contributed by atoms with E-state index in [1.54, 1.807) is 25.3 Å². The van der Waals surface area contributed by atoms with Gasteiger partial charge in [0.15, 0.2) is 0 Å². The molecule has 0 radical (unpaired) electrons. The van der Waals surface area contributed by atoms with E-state index in [0.29, 0.717) is 12.3 Å². The molecule has 3 aromatic rings. The van der Waals surface area contributed by atoms with Crippen LogP contribution in [0, 0.1) is 0 Å². The molecule has 3 rings (SSSR count). The van der Waals surface area contributed by atoms with E-state index in [-0.39, 0.29) is 11.4 Å². The molecule has 0 saturated heterocycles. The molecule has 0 atom stereocenters. The van der Waals surface area contributed by atoms with E-state index in [2.05, 4.69) is 15.3 Å². The standard InChI is InChI=1S/C15H15N3O3/c1-21-11-4-2-9(14(19)7-11)8-16-10-3-5-12-13(6-10)18-15(20)17-12/h2-7,16,19H,8H2,1H3,(H2,17,18,20). The van der Waals surface area contributed by atoms with Crippen molar-refractivity contribution in [1.29, 1.82) is 0 Å². The first-order valence-electron chi connectivity index (χ1n) is 6.47. The van der Waals surface area contributed by atoms with Gasteiger partial charge in [0.1, 0.15) is 11.5 Å². The van der Waals surface area contributed by atoms with Gasteiger partial charge in [-0.25, -0.2) is 4.79 Å². The fraction of sp³-hybridized carbons (Fsp3) is 0.133. The Bertz CT molecular complexity index is 836. The number of phenols is 1. The van der Waals surface area contributed by atoms with Gasteiger partial charge < -0.3 is 25.1 Å². The maximum atomic E-state index is 11.2. The SMILES string of the molecule is COc1ccc(CNc2ccc3[nH]c(=O)[nH]c3c2)c(O)c1. The van der Waals surface area contributed by atoms with Crippen LogP contribution in [0.25, 0.3) is 11.0 Å². The van der Waals surface area contributed by atoms with Gasteiger partial charge in [0.2, 0.25) is 0 Å². The number of ether oxygens (including phenoxy) is 1. The summed E-state index contributed by atoms with van der Waals surface area (Å²) in [6, 6.07) is 10.7. The lowest BCUT2D eigenvalue weighted by Gasteiger charge is -2.09. The van der Waals surface area contributed by atoms with Crippen LogP contribution in [0.5, 0.6) is 11.5 Å². The van der Waals surface area contributed by atoms with Crippen LogP contribution in [0.3, 0.4) is 0 Å². The quantitative estimate of drug-likeness (QED) is 0.591. The molecule has 0 aliphatic heterocycles. The minimum absolute atomic E-state index is 0.179. The van der Waals surface area contributed by atoms with Crippen molar-refractivity contribution in [3.05, 3.63) is 52.4 Å². The van der Waals surface area contributed by atoms with Gasteiger partial charge in [0.25, 0.3) is 0 Å². The third-order valence-corrected chi connectivity index (χ3v) is 3.29. The van der Waals surface area contributed by atoms with Gasteiger partial charge in [0.05, 0.1) is 18.1 Å². The van der Waals surface area contributed by atoms with Crippen molar-refractivity contribution in [2.75, 3.05) is 12.4 Å². The van der Waals surface area contributed by atoms with Crippen molar-refractivity contribution in [1.82, 2.24) is 9.97 Å². The molecule has 1 aromatic heterocycles. The molecular formula is C15H15N3O3. The number of aromatic hydroxyl groups is 1. The number of fused-ring (bicyclic) bond motifs is 1. The number of imidazole rings is 1. The summed E-state index contributed by atoms with van der Waals surface area (Å²) < 4.78 is 5.05. The van der Waals surface area contributed by atoms with E-state index in [9.17, 15) is 9.90 Å². The van der Waals surface area contributed by atoms with Crippen molar-refractivity contribution in [2.45, 2.75) is 6.54 Å². The Kier molecular flexibility index (Phi) is 3.27. The zero-order valence-corrected chi connectivity index (χ0v) is 11.4. The van der Waals surface area contributed by atoms with Crippen LogP contribution < -0.4 is 15.7 Å². The minimum atomic E-state index is -0.227. The van der Waals surface area contributed by atoms with E-state index >= 15 is 0 Å². The lowest BCUT2D eigenvalue weighted by molar-refractivity contribution is 0.406. The van der Waals surface area contributed by atoms with Gasteiger partial charge in [-0.15, -0.1) is 0 Å². The van der Waals surface area contributed by atoms with Crippen LogP contribution in [-0.2, 0) is 6.54 Å². The Labute approximate surface area is 120 Å². The van der Waals surface area contributed by atoms with Crippen LogP contribution in [0.4, 0.5) is 5.69 Å². The number of methoxy groups -OCH3 is 1. The van der Waals surface area contributed by atoms with Crippen molar-refractivity contribution < 1.29 is 9.84 Å². The number of anilines is 1. The summed E-state index contributed by atoms with van der Waals surface area (Å²) >= 11 is 0. The lowest BCUT2D eigenvalue weighted by atomic mass is 10.2. The van der Waals surface area contributed by atoms with Crippen molar-refractivity contribution in [2.24, 2.45) is 0 Å². The van der Waals surface area contributed by atoms with Crippen LogP contribution in [0.2, 0.25) is 0 Å². The smallest absolute Gasteiger partial charge is 0.323 e. The molecule has 0 amide bonds. The first-order chi connectivity index (χ1) is 10.2. The first kappa shape index (κ1) is 13.1. The van der Waals surface area contributed by atoms with Crippen LogP contribution in [0.1, 0.15) is 5.56 Å². The number of hydrogen-bond donors (Lipinski definition) is 4. The number of phenolic OH excluding ortho intramolecular Hbond substituents is 1. The summed E-state index contributed by atoms with van der Waals surface area (Å²) in [5.74, 6) is 0.792. The zero-order chi connectivity index (χ0) is 14.8. The van der Waals surface area contributed by atoms with Crippen LogP contribution >= 0.6 is 0 Å². The second-order valence-electron chi connectivity index (χ2n) is 4.69. The van der Waals surface area contributed by atoms with E-state index in [1.165, 1.54) is 0 Å². The van der Waals surface area contributed by atoms with Crippen molar-refractivity contribution >= 4 is 16.7 Å². The normalized spacial score (nSPS) is 10.7. The van der Waals surface area contributed by atoms with E-state index < -0.39 is 0 Å². The summed E-state index contributed by atoms with van der Waals surface area (Å²) in [5, 5.41) is 13.1. The summed E-state index contributed by atoms with van der Waals surface area (Å²) in [5.41, 5.74) is 2.89. The molecule has 6 nitrogen and oxygen atoms in total. The molecule has 0 bridgehead atoms. The molecule has 0 spiro atoms. The maximum Gasteiger partial charge on any atom is 0.323 e. The monoisotopic (exact) mass is 285 g/mol. The highest BCUT2D eigenvalue weighted by molar-refractivity contribution is 5.78. The number of nitrogens with one attached hydrogen (secondary N) is 3. The highest BCUT2D eigenvalue weighted by Crippen LogP contribution is 2.24. The van der Waals surface area contributed by atoms with E-state index in [1.807, 2.05) is 18.2 Å². The molecule has 2 aromatic carbocycles. The van der Waals surface area contributed by atoms with Gasteiger partial charge in [-0.3, -0.25) is 0 Å². The molecule has 0 aliphatic rings. The number of hydrogen-bond acceptors (Lipinski definition) is 4. The van der Waals surface area contributed by atoms with E-state index in [0.717, 1.165) is 22.3 Å². The third kappa shape index (κ3) is 2.69. The number of rotatable bonds is 4. The molecule has 0 saturated carbocycles. The largest absolute Gasteiger partial charge is 0.507 e. The van der Waals surface area contributed by atoms with Crippen molar-refractivity contribution in [3.8, 4) is 11.5 Å². The first-order valence-corrected chi connectivity index (χ1v) is 6.47. The Morgan fingerprint density at radius 2 is 1.95 bits per heavy atom. The number of benzene rings is 2. The number of aromatic nitrogens is 2. The number of aromatic amines is 2. The average molecular weight is 285 g/mol. The molecule has 21 heavy (non-hydrogen) atoms. The highest BCUT2D eigenvalue weighted by Gasteiger charge is 2.04. The second kappa shape index (κ2) is 5.24. The molecule has 4 N–H and O–H groups in total. The Morgan fingerprint density at radius 1 is 1.14 bits per heavy atom. The summed E-state index contributed by atoms with van der Waals surface area (Å²) in [6.45, 7) is 0.468. The average Bonchev–Trinajstić information content (AvgIpc) is 2.85. The number of H-pyrrole nitrogens is 2. The lowest BCUT2D eigenvalue weighted by Crippen LogP contribution is -2.00. The molecule has 108 valence electrons.